The van der Waals surface area contributed by atoms with E-state index in [1.165, 1.54) is 69.5 Å². The van der Waals surface area contributed by atoms with Gasteiger partial charge in [-0.3, -0.25) is 0 Å². The van der Waals surface area contributed by atoms with Crippen molar-refractivity contribution in [3.8, 4) is 22.3 Å². The number of benzene rings is 9. The van der Waals surface area contributed by atoms with Crippen molar-refractivity contribution in [2.45, 2.75) is 6.42 Å². The Morgan fingerprint density at radius 1 is 0.441 bits per heavy atom. The van der Waals surface area contributed by atoms with Crippen LogP contribution in [0, 0.1) is 0 Å². The zero-order valence-corrected chi connectivity index (χ0v) is 32.8. The Morgan fingerprint density at radius 2 is 1.10 bits per heavy atom. The molecule has 0 unspecified atom stereocenters. The van der Waals surface area contributed by atoms with Gasteiger partial charge in [-0.1, -0.05) is 176 Å². The van der Waals surface area contributed by atoms with E-state index in [1.54, 1.807) is 0 Å². The van der Waals surface area contributed by atoms with Gasteiger partial charge in [0.25, 0.3) is 0 Å². The van der Waals surface area contributed by atoms with Crippen LogP contribution in [0.5, 0.6) is 0 Å². The molecule has 0 saturated carbocycles. The molecule has 2 nitrogen and oxygen atoms in total. The minimum absolute atomic E-state index is 0.747. The van der Waals surface area contributed by atoms with Crippen molar-refractivity contribution in [3.63, 3.8) is 0 Å². The number of allylic oxidation sites excluding steroid dienone is 3. The molecule has 0 N–H and O–H groups in total. The van der Waals surface area contributed by atoms with E-state index >= 15 is 0 Å². The van der Waals surface area contributed by atoms with E-state index in [0.717, 1.165) is 56.5 Å². The average molecular weight is 770 g/mol. The number of thiophene rings is 1. The summed E-state index contributed by atoms with van der Waals surface area (Å²) in [6.45, 7) is 0. The molecule has 3 heterocycles. The molecule has 59 heavy (non-hydrogen) atoms. The molecule has 0 fully saturated rings. The number of aliphatic imine (C=N–C) groups is 1. The van der Waals surface area contributed by atoms with Crippen molar-refractivity contribution in [1.29, 1.82) is 0 Å². The number of hydrogen-bond donors (Lipinski definition) is 0. The summed E-state index contributed by atoms with van der Waals surface area (Å²) in [7, 11) is 0. The van der Waals surface area contributed by atoms with Crippen LogP contribution in [0.3, 0.4) is 0 Å². The second kappa shape index (κ2) is 13.7. The van der Waals surface area contributed by atoms with Gasteiger partial charge in [-0.15, -0.1) is 11.3 Å². The highest BCUT2D eigenvalue weighted by molar-refractivity contribution is 7.27. The zero-order chi connectivity index (χ0) is 38.9. The quantitative estimate of drug-likeness (QED) is 0.171. The molecule has 0 amide bonds. The predicted octanol–water partition coefficient (Wildman–Crippen LogP) is 15.9. The normalized spacial score (nSPS) is 13.3. The third-order valence-corrected chi connectivity index (χ3v) is 13.2. The van der Waals surface area contributed by atoms with Gasteiger partial charge in [-0.25, -0.2) is 4.99 Å². The topological polar surface area (TPSA) is 25.5 Å². The maximum absolute atomic E-state index is 6.93. The Morgan fingerprint density at radius 3 is 1.98 bits per heavy atom. The Hall–Kier alpha value is -7.33. The van der Waals surface area contributed by atoms with Gasteiger partial charge in [0.15, 0.2) is 0 Å². The summed E-state index contributed by atoms with van der Waals surface area (Å²) in [5.41, 5.74) is 12.8. The van der Waals surface area contributed by atoms with Crippen LogP contribution >= 0.6 is 11.3 Å². The Bertz CT molecular complexity index is 3560. The molecule has 0 aliphatic carbocycles. The molecule has 1 aliphatic rings. The van der Waals surface area contributed by atoms with Crippen molar-refractivity contribution in [3.05, 3.63) is 217 Å². The third kappa shape index (κ3) is 5.66. The maximum atomic E-state index is 6.93. The second-order valence-corrected chi connectivity index (χ2v) is 16.4. The van der Waals surface area contributed by atoms with E-state index in [2.05, 4.69) is 200 Å². The van der Waals surface area contributed by atoms with Gasteiger partial charge in [0.05, 0.1) is 11.4 Å². The molecule has 0 atom stereocenters. The standard InChI is InChI=1S/C56H35NOS/c1-2-11-35(12-3-1)37-21-24-39(25-22-37)50-32-28-42(41-26-23-36-13-4-5-15-40(36)33-41)34-51(57-50)48-31-30-44(54-53(48)49-17-8-9-20-52(49)58-54)45-18-10-19-46-47-29-27-38-14-6-7-16-43(38)55(47)59-56(45)46/h1-27,29-34H,28H2. The minimum atomic E-state index is 0.747. The highest BCUT2D eigenvalue weighted by Gasteiger charge is 2.22. The number of hydrogen-bond acceptors (Lipinski definition) is 3. The summed E-state index contributed by atoms with van der Waals surface area (Å²) in [5, 5.41) is 9.74. The number of nitrogens with zero attached hydrogens (tertiary/aromatic N) is 1. The van der Waals surface area contributed by atoms with Crippen LogP contribution < -0.4 is 0 Å². The molecule has 276 valence electrons. The lowest BCUT2D eigenvalue weighted by atomic mass is 9.93. The molecule has 11 aromatic rings. The van der Waals surface area contributed by atoms with Gasteiger partial charge in [0.1, 0.15) is 11.2 Å². The molecule has 0 bridgehead atoms. The highest BCUT2D eigenvalue weighted by Crippen LogP contribution is 2.46. The first-order valence-corrected chi connectivity index (χ1v) is 21.0. The fourth-order valence-electron chi connectivity index (χ4n) is 9.00. The molecule has 3 heteroatoms. The Kier molecular flexibility index (Phi) is 7.82. The van der Waals surface area contributed by atoms with Gasteiger partial charge < -0.3 is 4.42 Å². The molecule has 0 saturated heterocycles. The molecular weight excluding hydrogens is 735 g/mol. The number of para-hydroxylation sites is 1. The van der Waals surface area contributed by atoms with Crippen LogP contribution in [0.1, 0.15) is 23.1 Å². The van der Waals surface area contributed by atoms with Gasteiger partial charge in [0, 0.05) is 47.6 Å². The summed E-state index contributed by atoms with van der Waals surface area (Å²) in [4.78, 5) is 5.56. The largest absolute Gasteiger partial charge is 0.455 e. The summed E-state index contributed by atoms with van der Waals surface area (Å²) in [5.74, 6) is 0. The molecule has 2 aromatic heterocycles. The van der Waals surface area contributed by atoms with Gasteiger partial charge >= 0.3 is 0 Å². The van der Waals surface area contributed by atoms with Crippen molar-refractivity contribution in [1.82, 2.24) is 0 Å². The average Bonchev–Trinajstić information content (AvgIpc) is 3.81. The first-order chi connectivity index (χ1) is 29.2. The minimum Gasteiger partial charge on any atom is -0.455 e. The summed E-state index contributed by atoms with van der Waals surface area (Å²) in [6, 6.07) is 67.6. The highest BCUT2D eigenvalue weighted by atomic mass is 32.1. The number of rotatable bonds is 5. The third-order valence-electron chi connectivity index (χ3n) is 12.0. The van der Waals surface area contributed by atoms with Crippen molar-refractivity contribution in [2.75, 3.05) is 0 Å². The molecule has 0 spiro atoms. The van der Waals surface area contributed by atoms with Gasteiger partial charge in [0.2, 0.25) is 0 Å². The van der Waals surface area contributed by atoms with E-state index in [0.29, 0.717) is 0 Å². The second-order valence-electron chi connectivity index (χ2n) is 15.4. The van der Waals surface area contributed by atoms with Crippen LogP contribution in [0.25, 0.3) is 97.2 Å². The fourth-order valence-corrected chi connectivity index (χ4v) is 10.4. The van der Waals surface area contributed by atoms with E-state index < -0.39 is 0 Å². The SMILES string of the molecule is C1=C(c2ccc3ccccc3c2)CC=C(c2ccc(-c3ccccc3)cc2)N=C1c1ccc(-c2cccc3c2sc2c4ccccc4ccc32)c2oc3ccccc3c12. The first kappa shape index (κ1) is 33.8. The van der Waals surface area contributed by atoms with Crippen molar-refractivity contribution in [2.24, 2.45) is 4.99 Å². The van der Waals surface area contributed by atoms with Crippen LogP contribution in [0.2, 0.25) is 0 Å². The van der Waals surface area contributed by atoms with Crippen molar-refractivity contribution < 1.29 is 4.42 Å². The molecule has 9 aromatic carbocycles. The van der Waals surface area contributed by atoms with Crippen LogP contribution in [0.15, 0.2) is 210 Å². The number of furan rings is 1. The van der Waals surface area contributed by atoms with Crippen LogP contribution in [-0.2, 0) is 0 Å². The number of fused-ring (bicyclic) bond motifs is 9. The monoisotopic (exact) mass is 769 g/mol. The van der Waals surface area contributed by atoms with Crippen LogP contribution in [-0.4, -0.2) is 5.71 Å². The molecular formula is C56H35NOS. The summed E-state index contributed by atoms with van der Waals surface area (Å²) < 4.78 is 9.52. The summed E-state index contributed by atoms with van der Waals surface area (Å²) >= 11 is 1.88. The lowest BCUT2D eigenvalue weighted by Gasteiger charge is -2.11. The first-order valence-electron chi connectivity index (χ1n) is 20.2. The lowest BCUT2D eigenvalue weighted by molar-refractivity contribution is 0.670. The van der Waals surface area contributed by atoms with E-state index in [9.17, 15) is 0 Å². The van der Waals surface area contributed by atoms with Crippen LogP contribution in [0.4, 0.5) is 0 Å². The van der Waals surface area contributed by atoms with Gasteiger partial charge in [-0.05, 0) is 80.1 Å². The molecule has 12 rings (SSSR count). The van der Waals surface area contributed by atoms with E-state index in [4.69, 9.17) is 9.41 Å². The van der Waals surface area contributed by atoms with E-state index in [-0.39, 0.29) is 0 Å². The van der Waals surface area contributed by atoms with E-state index in [1.807, 2.05) is 11.3 Å². The van der Waals surface area contributed by atoms with Gasteiger partial charge in [-0.2, -0.15) is 0 Å². The van der Waals surface area contributed by atoms with Crippen molar-refractivity contribution >= 4 is 92.0 Å². The molecule has 0 radical (unpaired) electrons. The predicted molar refractivity (Wildman–Crippen MR) is 252 cm³/mol. The smallest absolute Gasteiger partial charge is 0.143 e. The zero-order valence-electron chi connectivity index (χ0n) is 32.0. The lowest BCUT2D eigenvalue weighted by Crippen LogP contribution is -2.00. The summed E-state index contributed by atoms with van der Waals surface area (Å²) in [6.07, 6.45) is 5.34. The Balaban J connectivity index is 1.07. The Labute approximate surface area is 345 Å². The maximum Gasteiger partial charge on any atom is 0.143 e. The molecule has 1 aliphatic heterocycles. The fraction of sp³-hybridized carbons (Fsp3) is 0.0179.